The molecule has 1 saturated carbocycles. The zero-order valence-electron chi connectivity index (χ0n) is 13.4. The van der Waals surface area contributed by atoms with Gasteiger partial charge in [0.05, 0.1) is 0 Å². The number of hydrogen-bond donors (Lipinski definition) is 1. The Bertz CT molecular complexity index is 411. The van der Waals surface area contributed by atoms with Crippen molar-refractivity contribution in [3.63, 3.8) is 0 Å². The summed E-state index contributed by atoms with van der Waals surface area (Å²) in [6.07, 6.45) is 8.52. The molecular formula is C19H30N2. The van der Waals surface area contributed by atoms with Crippen LogP contribution in [0, 0.1) is 5.92 Å². The standard InChI is InChI=1S/C19H30N2/c1-20-19(17-10-6-3-7-11-17)15-21-13-12-18(14-21)16-8-4-2-5-9-16/h2,4-5,8-9,17-20H,3,6-7,10-15H2,1H3. The third-order valence-electron chi connectivity index (χ3n) is 5.59. The highest BCUT2D eigenvalue weighted by molar-refractivity contribution is 5.21. The maximum atomic E-state index is 3.61. The molecule has 0 aromatic heterocycles. The highest BCUT2D eigenvalue weighted by Crippen LogP contribution is 2.30. The molecule has 2 fully saturated rings. The molecule has 0 spiro atoms. The number of rotatable bonds is 5. The second-order valence-corrected chi connectivity index (χ2v) is 6.95. The molecule has 2 atom stereocenters. The van der Waals surface area contributed by atoms with Crippen molar-refractivity contribution < 1.29 is 0 Å². The first-order valence-electron chi connectivity index (χ1n) is 8.81. The first kappa shape index (κ1) is 15.1. The summed E-state index contributed by atoms with van der Waals surface area (Å²) in [7, 11) is 2.16. The Kier molecular flexibility index (Phi) is 5.32. The summed E-state index contributed by atoms with van der Waals surface area (Å²) in [6, 6.07) is 11.8. The molecule has 2 nitrogen and oxygen atoms in total. The van der Waals surface area contributed by atoms with Crippen LogP contribution in [0.2, 0.25) is 0 Å². The number of likely N-dealkylation sites (N-methyl/N-ethyl adjacent to an activating group) is 1. The van der Waals surface area contributed by atoms with Crippen LogP contribution >= 0.6 is 0 Å². The summed E-state index contributed by atoms with van der Waals surface area (Å²) < 4.78 is 0. The Morgan fingerprint density at radius 3 is 2.57 bits per heavy atom. The molecule has 2 unspecified atom stereocenters. The average molecular weight is 286 g/mol. The van der Waals surface area contributed by atoms with Crippen LogP contribution < -0.4 is 5.32 Å². The molecule has 1 aliphatic heterocycles. The molecule has 0 radical (unpaired) electrons. The highest BCUT2D eigenvalue weighted by Gasteiger charge is 2.28. The lowest BCUT2D eigenvalue weighted by molar-refractivity contribution is 0.210. The van der Waals surface area contributed by atoms with Gasteiger partial charge in [0.25, 0.3) is 0 Å². The van der Waals surface area contributed by atoms with Gasteiger partial charge < -0.3 is 10.2 Å². The predicted molar refractivity (Wildman–Crippen MR) is 89.7 cm³/mol. The SMILES string of the molecule is CNC(CN1CCC(c2ccccc2)C1)C1CCCCC1. The molecule has 0 amide bonds. The molecule has 2 aliphatic rings. The van der Waals surface area contributed by atoms with E-state index in [2.05, 4.69) is 47.6 Å². The lowest BCUT2D eigenvalue weighted by Gasteiger charge is -2.33. The van der Waals surface area contributed by atoms with Crippen molar-refractivity contribution in [2.75, 3.05) is 26.7 Å². The van der Waals surface area contributed by atoms with Gasteiger partial charge in [-0.15, -0.1) is 0 Å². The molecule has 1 saturated heterocycles. The van der Waals surface area contributed by atoms with Crippen molar-refractivity contribution in [3.8, 4) is 0 Å². The van der Waals surface area contributed by atoms with Crippen molar-refractivity contribution in [1.82, 2.24) is 10.2 Å². The normalized spacial score (nSPS) is 26.0. The molecule has 1 aromatic carbocycles. The first-order valence-corrected chi connectivity index (χ1v) is 8.81. The molecule has 1 N–H and O–H groups in total. The van der Waals surface area contributed by atoms with Crippen LogP contribution in [-0.2, 0) is 0 Å². The molecule has 1 heterocycles. The monoisotopic (exact) mass is 286 g/mol. The van der Waals surface area contributed by atoms with Gasteiger partial charge in [0.1, 0.15) is 0 Å². The Hall–Kier alpha value is -0.860. The zero-order chi connectivity index (χ0) is 14.5. The summed E-state index contributed by atoms with van der Waals surface area (Å²) in [6.45, 7) is 3.75. The first-order chi connectivity index (χ1) is 10.4. The van der Waals surface area contributed by atoms with Crippen molar-refractivity contribution >= 4 is 0 Å². The fourth-order valence-electron chi connectivity index (χ4n) is 4.29. The number of hydrogen-bond acceptors (Lipinski definition) is 2. The van der Waals surface area contributed by atoms with Gasteiger partial charge in [-0.1, -0.05) is 49.6 Å². The van der Waals surface area contributed by atoms with Crippen molar-refractivity contribution in [3.05, 3.63) is 35.9 Å². The van der Waals surface area contributed by atoms with E-state index in [1.165, 1.54) is 63.7 Å². The second kappa shape index (κ2) is 7.42. The number of benzene rings is 1. The van der Waals surface area contributed by atoms with Gasteiger partial charge in [0, 0.05) is 19.1 Å². The average Bonchev–Trinajstić information content (AvgIpc) is 3.03. The Morgan fingerprint density at radius 2 is 1.86 bits per heavy atom. The van der Waals surface area contributed by atoms with E-state index in [1.807, 2.05) is 0 Å². The maximum Gasteiger partial charge on any atom is 0.0220 e. The predicted octanol–water partition coefficient (Wildman–Crippen LogP) is 3.64. The van der Waals surface area contributed by atoms with Crippen LogP contribution in [-0.4, -0.2) is 37.6 Å². The molecule has 1 aromatic rings. The van der Waals surface area contributed by atoms with Gasteiger partial charge in [-0.2, -0.15) is 0 Å². The van der Waals surface area contributed by atoms with E-state index in [-0.39, 0.29) is 0 Å². The van der Waals surface area contributed by atoms with E-state index in [4.69, 9.17) is 0 Å². The van der Waals surface area contributed by atoms with Crippen molar-refractivity contribution in [2.24, 2.45) is 5.92 Å². The van der Waals surface area contributed by atoms with Crippen LogP contribution in [0.5, 0.6) is 0 Å². The van der Waals surface area contributed by atoms with Crippen LogP contribution in [0.25, 0.3) is 0 Å². The minimum Gasteiger partial charge on any atom is -0.315 e. The largest absolute Gasteiger partial charge is 0.315 e. The van der Waals surface area contributed by atoms with Gasteiger partial charge in [0.15, 0.2) is 0 Å². The zero-order valence-corrected chi connectivity index (χ0v) is 13.4. The minimum atomic E-state index is 0.694. The maximum absolute atomic E-state index is 3.61. The van der Waals surface area contributed by atoms with Crippen LogP contribution in [0.1, 0.15) is 50.0 Å². The molecular weight excluding hydrogens is 256 g/mol. The summed E-state index contributed by atoms with van der Waals surface area (Å²) in [4.78, 5) is 2.69. The van der Waals surface area contributed by atoms with E-state index in [1.54, 1.807) is 0 Å². The van der Waals surface area contributed by atoms with E-state index < -0.39 is 0 Å². The van der Waals surface area contributed by atoms with Crippen LogP contribution in [0.4, 0.5) is 0 Å². The van der Waals surface area contributed by atoms with E-state index in [0.29, 0.717) is 6.04 Å². The Labute approximate surface area is 129 Å². The molecule has 116 valence electrons. The molecule has 1 aliphatic carbocycles. The fraction of sp³-hybridized carbons (Fsp3) is 0.684. The molecule has 21 heavy (non-hydrogen) atoms. The number of nitrogens with one attached hydrogen (secondary N) is 1. The summed E-state index contributed by atoms with van der Waals surface area (Å²) in [5.74, 6) is 1.65. The third-order valence-corrected chi connectivity index (χ3v) is 5.59. The second-order valence-electron chi connectivity index (χ2n) is 6.95. The summed E-state index contributed by atoms with van der Waals surface area (Å²) >= 11 is 0. The Morgan fingerprint density at radius 1 is 1.10 bits per heavy atom. The molecule has 2 heteroatoms. The van der Waals surface area contributed by atoms with E-state index in [9.17, 15) is 0 Å². The Balaban J connectivity index is 1.53. The van der Waals surface area contributed by atoms with Gasteiger partial charge in [-0.05, 0) is 50.3 Å². The number of likely N-dealkylation sites (tertiary alicyclic amines) is 1. The van der Waals surface area contributed by atoms with Gasteiger partial charge in [-0.25, -0.2) is 0 Å². The van der Waals surface area contributed by atoms with Crippen LogP contribution in [0.3, 0.4) is 0 Å². The van der Waals surface area contributed by atoms with E-state index >= 15 is 0 Å². The third kappa shape index (κ3) is 3.87. The van der Waals surface area contributed by atoms with Gasteiger partial charge in [-0.3, -0.25) is 0 Å². The highest BCUT2D eigenvalue weighted by atomic mass is 15.2. The van der Waals surface area contributed by atoms with Gasteiger partial charge in [0.2, 0.25) is 0 Å². The van der Waals surface area contributed by atoms with E-state index in [0.717, 1.165) is 11.8 Å². The van der Waals surface area contributed by atoms with Gasteiger partial charge >= 0.3 is 0 Å². The summed E-state index contributed by atoms with van der Waals surface area (Å²) in [5.41, 5.74) is 1.53. The van der Waals surface area contributed by atoms with Crippen molar-refractivity contribution in [1.29, 1.82) is 0 Å². The smallest absolute Gasteiger partial charge is 0.0220 e. The topological polar surface area (TPSA) is 15.3 Å². The molecule has 3 rings (SSSR count). The molecule has 0 bridgehead atoms. The van der Waals surface area contributed by atoms with Crippen molar-refractivity contribution in [2.45, 2.75) is 50.5 Å². The quantitative estimate of drug-likeness (QED) is 0.889. The lowest BCUT2D eigenvalue weighted by Crippen LogP contribution is -2.44. The summed E-state index contributed by atoms with van der Waals surface area (Å²) in [5, 5.41) is 3.61. The minimum absolute atomic E-state index is 0.694. The lowest BCUT2D eigenvalue weighted by atomic mass is 9.83. The fourth-order valence-corrected chi connectivity index (χ4v) is 4.29. The number of nitrogens with zero attached hydrogens (tertiary/aromatic N) is 1. The van der Waals surface area contributed by atoms with Crippen LogP contribution in [0.15, 0.2) is 30.3 Å².